The third-order valence-corrected chi connectivity index (χ3v) is 3.77. The van der Waals surface area contributed by atoms with Crippen LogP contribution in [-0.2, 0) is 0 Å². The van der Waals surface area contributed by atoms with Gasteiger partial charge in [-0.15, -0.1) is 0 Å². The fraction of sp³-hybridized carbons (Fsp3) is 0.556. The zero-order valence-electron chi connectivity index (χ0n) is 14.9. The van der Waals surface area contributed by atoms with Gasteiger partial charge in [0.05, 0.1) is 12.6 Å². The average Bonchev–Trinajstić information content (AvgIpc) is 2.45. The minimum atomic E-state index is -0.279. The fourth-order valence-electron chi connectivity index (χ4n) is 2.43. The normalized spacial score (nSPS) is 12.9. The Hall–Kier alpha value is -1.88. The highest BCUT2D eigenvalue weighted by Gasteiger charge is 2.30. The number of amides is 2. The Balaban J connectivity index is 2.91. The number of hydrogen-bond acceptors (Lipinski definition) is 3. The van der Waals surface area contributed by atoms with Crippen molar-refractivity contribution in [3.8, 4) is 0 Å². The molecule has 5 nitrogen and oxygen atoms in total. The van der Waals surface area contributed by atoms with Gasteiger partial charge in [0.2, 0.25) is 0 Å². The second-order valence-electron chi connectivity index (χ2n) is 7.19. The summed E-state index contributed by atoms with van der Waals surface area (Å²) in [7, 11) is 1.69. The van der Waals surface area contributed by atoms with Crippen molar-refractivity contribution >= 4 is 11.8 Å². The summed E-state index contributed by atoms with van der Waals surface area (Å²) in [5.74, 6) is -0.329. The summed E-state index contributed by atoms with van der Waals surface area (Å²) < 4.78 is 0. The molecule has 0 aliphatic rings. The van der Waals surface area contributed by atoms with Crippen LogP contribution in [0.1, 0.15) is 55.3 Å². The van der Waals surface area contributed by atoms with Crippen LogP contribution in [0.5, 0.6) is 0 Å². The number of hydrogen-bond donors (Lipinski definition) is 2. The molecule has 0 aliphatic heterocycles. The topological polar surface area (TPSA) is 69.6 Å². The van der Waals surface area contributed by atoms with Crippen molar-refractivity contribution in [2.75, 3.05) is 13.7 Å². The first kappa shape index (κ1) is 19.2. The van der Waals surface area contributed by atoms with Crippen molar-refractivity contribution in [3.05, 3.63) is 35.4 Å². The van der Waals surface area contributed by atoms with E-state index >= 15 is 0 Å². The first-order valence-electron chi connectivity index (χ1n) is 7.87. The van der Waals surface area contributed by atoms with Crippen molar-refractivity contribution < 1.29 is 14.7 Å². The summed E-state index contributed by atoms with van der Waals surface area (Å²) in [6.45, 7) is 9.64. The SMILES string of the molecule is CC(C)NC(=O)c1ccc(C(=O)N(C)[C@H](CO)C(C)(C)C)cc1. The van der Waals surface area contributed by atoms with Crippen LogP contribution in [0.2, 0.25) is 0 Å². The average molecular weight is 320 g/mol. The van der Waals surface area contributed by atoms with E-state index in [9.17, 15) is 14.7 Å². The van der Waals surface area contributed by atoms with E-state index in [1.54, 1.807) is 36.2 Å². The van der Waals surface area contributed by atoms with Crippen LogP contribution >= 0.6 is 0 Å². The van der Waals surface area contributed by atoms with E-state index in [4.69, 9.17) is 0 Å². The molecule has 0 fully saturated rings. The smallest absolute Gasteiger partial charge is 0.253 e. The van der Waals surface area contributed by atoms with E-state index in [0.29, 0.717) is 11.1 Å². The van der Waals surface area contributed by atoms with E-state index in [-0.39, 0.29) is 35.9 Å². The van der Waals surface area contributed by atoms with Crippen molar-refractivity contribution in [2.24, 2.45) is 5.41 Å². The summed E-state index contributed by atoms with van der Waals surface area (Å²) in [6, 6.07) is 6.36. The van der Waals surface area contributed by atoms with Gasteiger partial charge >= 0.3 is 0 Å². The second-order valence-corrected chi connectivity index (χ2v) is 7.19. The third kappa shape index (κ3) is 5.06. The molecule has 0 bridgehead atoms. The summed E-state index contributed by atoms with van der Waals surface area (Å²) >= 11 is 0. The number of carbonyl (C=O) groups is 2. The molecule has 0 saturated carbocycles. The number of aliphatic hydroxyl groups is 1. The maximum atomic E-state index is 12.6. The lowest BCUT2D eigenvalue weighted by molar-refractivity contribution is 0.0433. The van der Waals surface area contributed by atoms with Gasteiger partial charge in [-0.2, -0.15) is 0 Å². The van der Waals surface area contributed by atoms with Crippen LogP contribution in [0.15, 0.2) is 24.3 Å². The second kappa shape index (κ2) is 7.59. The van der Waals surface area contributed by atoms with Crippen LogP contribution in [0.3, 0.4) is 0 Å². The number of nitrogens with zero attached hydrogens (tertiary/aromatic N) is 1. The van der Waals surface area contributed by atoms with E-state index in [2.05, 4.69) is 5.32 Å². The van der Waals surface area contributed by atoms with Crippen LogP contribution < -0.4 is 5.32 Å². The molecule has 0 unspecified atom stereocenters. The molecule has 23 heavy (non-hydrogen) atoms. The predicted octanol–water partition coefficient (Wildman–Crippen LogP) is 2.30. The first-order valence-corrected chi connectivity index (χ1v) is 7.87. The van der Waals surface area contributed by atoms with Crippen LogP contribution in [0.4, 0.5) is 0 Å². The monoisotopic (exact) mass is 320 g/mol. The largest absolute Gasteiger partial charge is 0.394 e. The lowest BCUT2D eigenvalue weighted by atomic mass is 9.86. The molecular formula is C18H28N2O3. The summed E-state index contributed by atoms with van der Waals surface area (Å²) in [5.41, 5.74) is 0.791. The van der Waals surface area contributed by atoms with Gasteiger partial charge < -0.3 is 15.3 Å². The molecule has 1 rings (SSSR count). The van der Waals surface area contributed by atoms with Gasteiger partial charge in [0.1, 0.15) is 0 Å². The molecule has 2 amide bonds. The summed E-state index contributed by atoms with van der Waals surface area (Å²) in [6.07, 6.45) is 0. The highest BCUT2D eigenvalue weighted by atomic mass is 16.3. The van der Waals surface area contributed by atoms with Gasteiger partial charge in [-0.25, -0.2) is 0 Å². The lowest BCUT2D eigenvalue weighted by Gasteiger charge is -2.36. The molecule has 1 aromatic carbocycles. The summed E-state index contributed by atoms with van der Waals surface area (Å²) in [5, 5.41) is 12.4. The number of aliphatic hydroxyl groups excluding tert-OH is 1. The molecule has 0 radical (unpaired) electrons. The highest BCUT2D eigenvalue weighted by Crippen LogP contribution is 2.24. The maximum absolute atomic E-state index is 12.6. The molecule has 1 atom stereocenters. The summed E-state index contributed by atoms with van der Waals surface area (Å²) in [4.78, 5) is 26.0. The fourth-order valence-corrected chi connectivity index (χ4v) is 2.43. The number of likely N-dealkylation sites (N-methyl/N-ethyl adjacent to an activating group) is 1. The lowest BCUT2D eigenvalue weighted by Crippen LogP contribution is -2.47. The Labute approximate surface area is 138 Å². The van der Waals surface area contributed by atoms with Gasteiger partial charge in [-0.1, -0.05) is 20.8 Å². The zero-order chi connectivity index (χ0) is 17.8. The van der Waals surface area contributed by atoms with E-state index in [1.807, 2.05) is 34.6 Å². The standard InChI is InChI=1S/C18H28N2O3/c1-12(2)19-16(22)13-7-9-14(10-8-13)17(23)20(6)15(11-21)18(3,4)5/h7-10,12,15,21H,11H2,1-6H3,(H,19,22)/t15-/m1/s1. The van der Waals surface area contributed by atoms with Crippen LogP contribution in [0.25, 0.3) is 0 Å². The van der Waals surface area contributed by atoms with Gasteiger partial charge in [-0.3, -0.25) is 9.59 Å². The molecule has 0 heterocycles. The Morgan fingerprint density at radius 1 is 1.13 bits per heavy atom. The van der Waals surface area contributed by atoms with Crippen LogP contribution in [-0.4, -0.2) is 47.6 Å². The number of benzene rings is 1. The number of carbonyl (C=O) groups excluding carboxylic acids is 2. The molecule has 0 aromatic heterocycles. The van der Waals surface area contributed by atoms with Crippen molar-refractivity contribution in [3.63, 3.8) is 0 Å². The van der Waals surface area contributed by atoms with E-state index < -0.39 is 0 Å². The number of rotatable bonds is 5. The van der Waals surface area contributed by atoms with Gasteiger partial charge in [0.25, 0.3) is 11.8 Å². The maximum Gasteiger partial charge on any atom is 0.253 e. The number of nitrogens with one attached hydrogen (secondary N) is 1. The quantitative estimate of drug-likeness (QED) is 0.874. The van der Waals surface area contributed by atoms with Gasteiger partial charge in [0, 0.05) is 24.2 Å². The van der Waals surface area contributed by atoms with Crippen molar-refractivity contribution in [2.45, 2.75) is 46.7 Å². The molecule has 1 aromatic rings. The van der Waals surface area contributed by atoms with E-state index in [0.717, 1.165) is 0 Å². The molecule has 0 aliphatic carbocycles. The Bertz CT molecular complexity index is 544. The van der Waals surface area contributed by atoms with E-state index in [1.165, 1.54) is 0 Å². The minimum absolute atomic E-state index is 0.0621. The minimum Gasteiger partial charge on any atom is -0.394 e. The molecule has 0 spiro atoms. The molecule has 0 saturated heterocycles. The Kier molecular flexibility index (Phi) is 6.33. The zero-order valence-corrected chi connectivity index (χ0v) is 14.9. The first-order chi connectivity index (χ1) is 10.6. The molecule has 128 valence electrons. The van der Waals surface area contributed by atoms with Gasteiger partial charge in [-0.05, 0) is 43.5 Å². The molecule has 2 N–H and O–H groups in total. The highest BCUT2D eigenvalue weighted by molar-refractivity contribution is 5.97. The van der Waals surface area contributed by atoms with Crippen LogP contribution in [0, 0.1) is 5.41 Å². The van der Waals surface area contributed by atoms with Crippen molar-refractivity contribution in [1.29, 1.82) is 0 Å². The Morgan fingerprint density at radius 2 is 1.61 bits per heavy atom. The third-order valence-electron chi connectivity index (χ3n) is 3.77. The van der Waals surface area contributed by atoms with Gasteiger partial charge in [0.15, 0.2) is 0 Å². The molecule has 5 heteroatoms. The predicted molar refractivity (Wildman–Crippen MR) is 91.5 cm³/mol. The molecular weight excluding hydrogens is 292 g/mol. The van der Waals surface area contributed by atoms with Crippen molar-refractivity contribution in [1.82, 2.24) is 10.2 Å². The Morgan fingerprint density at radius 3 is 2.00 bits per heavy atom.